The number of phenols is 1. The fraction of sp³-hybridized carbons (Fsp3) is 0.400. The van der Waals surface area contributed by atoms with Crippen LogP contribution >= 0.6 is 0 Å². The predicted octanol–water partition coefficient (Wildman–Crippen LogP) is 6.88. The van der Waals surface area contributed by atoms with Gasteiger partial charge in [0.15, 0.2) is 5.82 Å². The Hall–Kier alpha value is -3.32. The first kappa shape index (κ1) is 24.0. The molecule has 2 fully saturated rings. The number of benzene rings is 3. The number of anilines is 1. The molecule has 0 bridgehead atoms. The minimum Gasteiger partial charge on any atom is -0.508 e. The van der Waals surface area contributed by atoms with E-state index in [0.717, 1.165) is 44.8 Å². The molecule has 37 heavy (non-hydrogen) atoms. The van der Waals surface area contributed by atoms with E-state index in [0.29, 0.717) is 39.5 Å². The minimum atomic E-state index is -0.493. The van der Waals surface area contributed by atoms with Crippen LogP contribution in [0.15, 0.2) is 36.4 Å². The van der Waals surface area contributed by atoms with Crippen molar-refractivity contribution in [3.8, 4) is 16.9 Å². The Morgan fingerprint density at radius 2 is 1.89 bits per heavy atom. The topological polar surface area (TPSA) is 58.5 Å². The van der Waals surface area contributed by atoms with E-state index in [9.17, 15) is 9.50 Å². The zero-order valence-corrected chi connectivity index (χ0v) is 21.4. The number of aromatic hydroxyl groups is 1. The summed E-state index contributed by atoms with van der Waals surface area (Å²) in [5.74, 6) is 0.483. The summed E-state index contributed by atoms with van der Waals surface area (Å²) in [4.78, 5) is 11.8. The normalized spacial score (nSPS) is 19.8. The van der Waals surface area contributed by atoms with Crippen molar-refractivity contribution in [3.63, 3.8) is 0 Å². The van der Waals surface area contributed by atoms with Crippen LogP contribution in [0.4, 0.5) is 14.6 Å². The molecule has 7 heteroatoms. The minimum absolute atomic E-state index is 0.000942. The Morgan fingerprint density at radius 3 is 2.59 bits per heavy atom. The van der Waals surface area contributed by atoms with Crippen molar-refractivity contribution in [1.82, 2.24) is 9.97 Å². The maximum absolute atomic E-state index is 16.5. The van der Waals surface area contributed by atoms with Gasteiger partial charge < -0.3 is 14.7 Å². The number of halogens is 2. The van der Waals surface area contributed by atoms with Gasteiger partial charge in [0.05, 0.1) is 12.2 Å². The fourth-order valence-electron chi connectivity index (χ4n) is 5.92. The smallest absolute Gasteiger partial charge is 0.157 e. The van der Waals surface area contributed by atoms with Gasteiger partial charge in [-0.1, -0.05) is 32.9 Å². The van der Waals surface area contributed by atoms with Gasteiger partial charge in [0, 0.05) is 36.4 Å². The summed E-state index contributed by atoms with van der Waals surface area (Å²) in [6.07, 6.45) is 3.49. The number of aryl methyl sites for hydroxylation is 1. The molecule has 1 spiro atoms. The van der Waals surface area contributed by atoms with Gasteiger partial charge in [0.2, 0.25) is 0 Å². The second-order valence-electron chi connectivity index (χ2n) is 10.7. The summed E-state index contributed by atoms with van der Waals surface area (Å²) in [6.45, 7) is 8.21. The van der Waals surface area contributed by atoms with Gasteiger partial charge in [-0.05, 0) is 65.4 Å². The number of phenolic OH excluding ortho intramolecular Hbond substituents is 1. The molecule has 2 aliphatic heterocycles. The molecule has 4 aromatic rings. The first-order valence-electron chi connectivity index (χ1n) is 13.1. The first-order valence-corrected chi connectivity index (χ1v) is 13.1. The number of hydrogen-bond acceptors (Lipinski definition) is 5. The molecular formula is C30H31F2N3O2. The number of fused-ring (bicyclic) bond motifs is 2. The highest BCUT2D eigenvalue weighted by Crippen LogP contribution is 2.42. The molecule has 0 saturated carbocycles. The summed E-state index contributed by atoms with van der Waals surface area (Å²) >= 11 is 0. The van der Waals surface area contributed by atoms with E-state index in [-0.39, 0.29) is 34.2 Å². The van der Waals surface area contributed by atoms with Crippen LogP contribution in [0.3, 0.4) is 0 Å². The fourth-order valence-corrected chi connectivity index (χ4v) is 5.92. The zero-order chi connectivity index (χ0) is 25.9. The van der Waals surface area contributed by atoms with Gasteiger partial charge in [0.25, 0.3) is 0 Å². The molecule has 1 aromatic heterocycles. The van der Waals surface area contributed by atoms with Crippen LogP contribution in [-0.4, -0.2) is 40.4 Å². The molecule has 6 rings (SSSR count). The van der Waals surface area contributed by atoms with Crippen molar-refractivity contribution in [2.75, 3.05) is 24.6 Å². The second kappa shape index (κ2) is 8.91. The number of ether oxygens (including phenoxy) is 1. The lowest BCUT2D eigenvalue weighted by Crippen LogP contribution is -2.56. The number of rotatable bonds is 4. The van der Waals surface area contributed by atoms with Crippen molar-refractivity contribution in [2.24, 2.45) is 0 Å². The van der Waals surface area contributed by atoms with Gasteiger partial charge >= 0.3 is 0 Å². The van der Waals surface area contributed by atoms with Crippen LogP contribution in [-0.2, 0) is 11.2 Å². The molecule has 0 aliphatic carbocycles. The average Bonchev–Trinajstić information content (AvgIpc) is 2.87. The highest BCUT2D eigenvalue weighted by Gasteiger charge is 2.42. The maximum Gasteiger partial charge on any atom is 0.157 e. The van der Waals surface area contributed by atoms with Gasteiger partial charge in [-0.15, -0.1) is 0 Å². The van der Waals surface area contributed by atoms with Crippen molar-refractivity contribution in [2.45, 2.75) is 58.0 Å². The maximum atomic E-state index is 16.5. The number of nitrogens with zero attached hydrogens (tertiary/aromatic N) is 3. The number of aromatic nitrogens is 2. The van der Waals surface area contributed by atoms with Gasteiger partial charge in [0.1, 0.15) is 28.7 Å². The average molecular weight is 504 g/mol. The van der Waals surface area contributed by atoms with Crippen LogP contribution in [0, 0.1) is 11.6 Å². The van der Waals surface area contributed by atoms with Gasteiger partial charge in [-0.25, -0.2) is 18.7 Å². The summed E-state index contributed by atoms with van der Waals surface area (Å²) < 4.78 is 37.2. The zero-order valence-electron chi connectivity index (χ0n) is 21.4. The Balaban J connectivity index is 1.58. The Bertz CT molecular complexity index is 1530. The van der Waals surface area contributed by atoms with E-state index in [1.54, 1.807) is 18.2 Å². The molecule has 0 radical (unpaired) electrons. The van der Waals surface area contributed by atoms with Crippen molar-refractivity contribution in [1.29, 1.82) is 0 Å². The second-order valence-corrected chi connectivity index (χ2v) is 10.7. The van der Waals surface area contributed by atoms with Crippen molar-refractivity contribution < 1.29 is 18.6 Å². The lowest BCUT2D eigenvalue weighted by molar-refractivity contribution is -0.151. The monoisotopic (exact) mass is 503 g/mol. The largest absolute Gasteiger partial charge is 0.508 e. The third-order valence-corrected chi connectivity index (χ3v) is 7.92. The van der Waals surface area contributed by atoms with Crippen LogP contribution in [0.2, 0.25) is 0 Å². The van der Waals surface area contributed by atoms with E-state index >= 15 is 4.39 Å². The van der Waals surface area contributed by atoms with Gasteiger partial charge in [-0.2, -0.15) is 0 Å². The molecule has 1 unspecified atom stereocenters. The molecule has 3 heterocycles. The molecule has 2 saturated heterocycles. The van der Waals surface area contributed by atoms with E-state index < -0.39 is 5.82 Å². The van der Waals surface area contributed by atoms with E-state index in [1.165, 1.54) is 12.1 Å². The lowest BCUT2D eigenvalue weighted by atomic mass is 9.85. The quantitative estimate of drug-likeness (QED) is 0.329. The highest BCUT2D eigenvalue weighted by molar-refractivity contribution is 6.03. The highest BCUT2D eigenvalue weighted by atomic mass is 19.1. The molecule has 1 N–H and O–H groups in total. The molecule has 5 nitrogen and oxygen atoms in total. The van der Waals surface area contributed by atoms with Crippen LogP contribution in [0.1, 0.15) is 57.3 Å². The summed E-state index contributed by atoms with van der Waals surface area (Å²) in [7, 11) is 0. The number of hydrogen-bond donors (Lipinski definition) is 1. The Kier molecular flexibility index (Phi) is 5.79. The first-order chi connectivity index (χ1) is 17.8. The van der Waals surface area contributed by atoms with Crippen molar-refractivity contribution >= 4 is 27.5 Å². The molecule has 192 valence electrons. The summed E-state index contributed by atoms with van der Waals surface area (Å²) in [5.41, 5.74) is 1.35. The molecular weight excluding hydrogens is 472 g/mol. The third-order valence-electron chi connectivity index (χ3n) is 7.92. The number of piperidine rings is 1. The third kappa shape index (κ3) is 3.91. The predicted molar refractivity (Wildman–Crippen MR) is 142 cm³/mol. The SMILES string of the molecule is CCc1c(F)ccc2cc(O)cc(-c3ccc4c(N5CCCC6(CCO6)C5)nc(C(C)C)nc4c3F)c12. The lowest BCUT2D eigenvalue weighted by Gasteiger charge is -2.49. The van der Waals surface area contributed by atoms with E-state index in [2.05, 4.69) is 9.88 Å². The molecule has 2 aliphatic rings. The van der Waals surface area contributed by atoms with E-state index in [4.69, 9.17) is 9.72 Å². The molecule has 3 aromatic carbocycles. The standard InChI is InChI=1S/C30H31F2N3O2/c1-4-20-24(31)9-6-18-14-19(36)15-23(25(18)20)21-7-8-22-27(26(21)32)33-28(17(2)3)34-29(22)35-12-5-10-30(16-35)11-13-37-30/h6-9,14-15,17,36H,4-5,10-13,16H2,1-3H3. The van der Waals surface area contributed by atoms with E-state index in [1.807, 2.05) is 26.8 Å². The van der Waals surface area contributed by atoms with Crippen LogP contribution in [0.5, 0.6) is 5.75 Å². The Labute approximate surface area is 215 Å². The Morgan fingerprint density at radius 1 is 1.08 bits per heavy atom. The summed E-state index contributed by atoms with van der Waals surface area (Å²) in [5, 5.41) is 12.4. The molecule has 1 atom stereocenters. The molecule has 0 amide bonds. The van der Waals surface area contributed by atoms with Gasteiger partial charge in [-0.3, -0.25) is 0 Å². The van der Waals surface area contributed by atoms with Crippen LogP contribution < -0.4 is 4.90 Å². The van der Waals surface area contributed by atoms with Crippen molar-refractivity contribution in [3.05, 3.63) is 59.4 Å². The summed E-state index contributed by atoms with van der Waals surface area (Å²) in [6, 6.07) is 9.68. The van der Waals surface area contributed by atoms with Crippen LogP contribution in [0.25, 0.3) is 32.8 Å².